The van der Waals surface area contributed by atoms with E-state index in [2.05, 4.69) is 10.3 Å². The van der Waals surface area contributed by atoms with Crippen molar-refractivity contribution >= 4 is 0 Å². The minimum atomic E-state index is -0.665. The van der Waals surface area contributed by atoms with E-state index in [1.165, 1.54) is 16.8 Å². The topological polar surface area (TPSA) is 96.3 Å². The summed E-state index contributed by atoms with van der Waals surface area (Å²) < 4.78 is 7.04. The highest BCUT2D eigenvalue weighted by Gasteiger charge is 2.34. The maximum atomic E-state index is 11.8. The molecule has 1 aliphatic rings. The first-order valence-corrected chi connectivity index (χ1v) is 7.53. The fraction of sp³-hybridized carbons (Fsp3) is 0.375. The maximum absolute atomic E-state index is 11.8. The van der Waals surface area contributed by atoms with Gasteiger partial charge in [0.1, 0.15) is 6.23 Å². The minimum Gasteiger partial charge on any atom is -0.390 e. The number of aromatic nitrogens is 2. The molecule has 1 aromatic heterocycles. The van der Waals surface area contributed by atoms with E-state index in [4.69, 9.17) is 4.74 Å². The average molecular weight is 317 g/mol. The molecule has 0 unspecified atom stereocenters. The third-order valence-electron chi connectivity index (χ3n) is 3.88. The molecule has 1 saturated heterocycles. The second kappa shape index (κ2) is 6.91. The SMILES string of the molecule is O=c1ccn([C@H]2C[C@H](O)[C@@H](CNCc3ccccc3)O2)c(=O)[nH]1. The van der Waals surface area contributed by atoms with Gasteiger partial charge in [-0.25, -0.2) is 4.79 Å². The second-order valence-electron chi connectivity index (χ2n) is 5.57. The first kappa shape index (κ1) is 15.7. The molecule has 1 aromatic carbocycles. The number of nitrogens with one attached hydrogen (secondary N) is 2. The van der Waals surface area contributed by atoms with E-state index in [1.807, 2.05) is 30.3 Å². The number of nitrogens with zero attached hydrogens (tertiary/aromatic N) is 1. The lowest BCUT2D eigenvalue weighted by Crippen LogP contribution is -2.34. The number of aliphatic hydroxyl groups is 1. The summed E-state index contributed by atoms with van der Waals surface area (Å²) in [6.45, 7) is 1.15. The number of benzene rings is 1. The highest BCUT2D eigenvalue weighted by atomic mass is 16.5. The van der Waals surface area contributed by atoms with E-state index in [0.717, 1.165) is 5.56 Å². The van der Waals surface area contributed by atoms with E-state index in [0.29, 0.717) is 19.5 Å². The van der Waals surface area contributed by atoms with Crippen LogP contribution in [-0.4, -0.2) is 33.4 Å². The monoisotopic (exact) mass is 317 g/mol. The Kier molecular flexibility index (Phi) is 4.71. The molecule has 2 aromatic rings. The van der Waals surface area contributed by atoms with Gasteiger partial charge in [0.2, 0.25) is 0 Å². The van der Waals surface area contributed by atoms with Gasteiger partial charge in [-0.15, -0.1) is 0 Å². The van der Waals surface area contributed by atoms with Gasteiger partial charge in [0, 0.05) is 31.8 Å². The van der Waals surface area contributed by atoms with Crippen LogP contribution in [0, 0.1) is 0 Å². The molecular formula is C16H19N3O4. The fourth-order valence-corrected chi connectivity index (χ4v) is 2.68. The predicted octanol–water partition coefficient (Wildman–Crippen LogP) is -0.0252. The zero-order chi connectivity index (χ0) is 16.2. The highest BCUT2D eigenvalue weighted by Crippen LogP contribution is 2.27. The van der Waals surface area contributed by atoms with Gasteiger partial charge in [-0.1, -0.05) is 30.3 Å². The molecule has 3 N–H and O–H groups in total. The average Bonchev–Trinajstić information content (AvgIpc) is 2.89. The van der Waals surface area contributed by atoms with Crippen molar-refractivity contribution < 1.29 is 9.84 Å². The summed E-state index contributed by atoms with van der Waals surface area (Å²) in [5.41, 5.74) is 0.159. The Hall–Kier alpha value is -2.22. The van der Waals surface area contributed by atoms with Gasteiger partial charge in [0.15, 0.2) is 0 Å². The molecule has 1 fully saturated rings. The standard InChI is InChI=1S/C16H19N3O4/c20-12-8-15(19-7-6-14(21)18-16(19)22)23-13(12)10-17-9-11-4-2-1-3-5-11/h1-7,12-13,15,17,20H,8-10H2,(H,18,21,22)/t12-,13+,15+/m0/s1. The van der Waals surface area contributed by atoms with Crippen molar-refractivity contribution in [3.05, 3.63) is 69.0 Å². The lowest BCUT2D eigenvalue weighted by atomic mass is 10.1. The summed E-state index contributed by atoms with van der Waals surface area (Å²) in [6.07, 6.45) is 0.0598. The second-order valence-corrected chi connectivity index (χ2v) is 5.57. The molecule has 7 nitrogen and oxygen atoms in total. The summed E-state index contributed by atoms with van der Waals surface area (Å²) in [5.74, 6) is 0. The van der Waals surface area contributed by atoms with Crippen LogP contribution in [0.3, 0.4) is 0 Å². The van der Waals surface area contributed by atoms with Crippen LogP contribution in [0.5, 0.6) is 0 Å². The van der Waals surface area contributed by atoms with Gasteiger partial charge >= 0.3 is 5.69 Å². The molecule has 122 valence electrons. The quantitative estimate of drug-likeness (QED) is 0.720. The number of hydrogen-bond donors (Lipinski definition) is 3. The van der Waals surface area contributed by atoms with Crippen LogP contribution in [-0.2, 0) is 11.3 Å². The molecule has 7 heteroatoms. The van der Waals surface area contributed by atoms with Crippen LogP contribution in [0.4, 0.5) is 0 Å². The summed E-state index contributed by atoms with van der Waals surface area (Å²) in [7, 11) is 0. The first-order chi connectivity index (χ1) is 11.1. The molecule has 0 spiro atoms. The van der Waals surface area contributed by atoms with Crippen LogP contribution < -0.4 is 16.6 Å². The fourth-order valence-electron chi connectivity index (χ4n) is 2.68. The number of ether oxygens (including phenoxy) is 1. The van der Waals surface area contributed by atoms with Gasteiger partial charge < -0.3 is 15.2 Å². The van der Waals surface area contributed by atoms with E-state index in [-0.39, 0.29) is 0 Å². The Morgan fingerprint density at radius 1 is 1.26 bits per heavy atom. The van der Waals surface area contributed by atoms with Gasteiger partial charge in [-0.2, -0.15) is 0 Å². The van der Waals surface area contributed by atoms with Crippen molar-refractivity contribution in [1.82, 2.24) is 14.9 Å². The van der Waals surface area contributed by atoms with Crippen LogP contribution >= 0.6 is 0 Å². The minimum absolute atomic E-state index is 0.309. The number of H-pyrrole nitrogens is 1. The molecule has 0 bridgehead atoms. The van der Waals surface area contributed by atoms with Gasteiger partial charge in [-0.05, 0) is 5.56 Å². The molecule has 0 saturated carbocycles. The zero-order valence-electron chi connectivity index (χ0n) is 12.5. The molecular weight excluding hydrogens is 298 g/mol. The van der Waals surface area contributed by atoms with Crippen molar-refractivity contribution in [2.75, 3.05) is 6.54 Å². The van der Waals surface area contributed by atoms with E-state index >= 15 is 0 Å². The van der Waals surface area contributed by atoms with Crippen molar-refractivity contribution in [3.8, 4) is 0 Å². The Morgan fingerprint density at radius 3 is 2.78 bits per heavy atom. The Bertz CT molecular complexity index is 756. The highest BCUT2D eigenvalue weighted by molar-refractivity contribution is 5.14. The van der Waals surface area contributed by atoms with E-state index < -0.39 is 29.7 Å². The molecule has 3 atom stereocenters. The molecule has 1 aliphatic heterocycles. The summed E-state index contributed by atoms with van der Waals surface area (Å²) in [6, 6.07) is 11.2. The lowest BCUT2D eigenvalue weighted by molar-refractivity contribution is -0.0193. The van der Waals surface area contributed by atoms with Crippen LogP contribution in [0.1, 0.15) is 18.2 Å². The molecule has 0 radical (unpaired) electrons. The molecule has 0 amide bonds. The summed E-state index contributed by atoms with van der Waals surface area (Å²) >= 11 is 0. The van der Waals surface area contributed by atoms with Crippen molar-refractivity contribution in [3.63, 3.8) is 0 Å². The number of rotatable bonds is 5. The third-order valence-corrected chi connectivity index (χ3v) is 3.88. The summed E-state index contributed by atoms with van der Waals surface area (Å²) in [4.78, 5) is 25.0. The molecule has 23 heavy (non-hydrogen) atoms. The smallest absolute Gasteiger partial charge is 0.330 e. The van der Waals surface area contributed by atoms with Crippen molar-refractivity contribution in [1.29, 1.82) is 0 Å². The Labute approximate surface area is 132 Å². The molecule has 0 aliphatic carbocycles. The van der Waals surface area contributed by atoms with Crippen molar-refractivity contribution in [2.45, 2.75) is 31.4 Å². The largest absolute Gasteiger partial charge is 0.390 e. The first-order valence-electron chi connectivity index (χ1n) is 7.53. The van der Waals surface area contributed by atoms with Gasteiger partial charge in [-0.3, -0.25) is 14.3 Å². The number of hydrogen-bond acceptors (Lipinski definition) is 5. The van der Waals surface area contributed by atoms with Gasteiger partial charge in [0.25, 0.3) is 5.56 Å². The summed E-state index contributed by atoms with van der Waals surface area (Å²) in [5, 5.41) is 13.4. The predicted molar refractivity (Wildman–Crippen MR) is 84.0 cm³/mol. The zero-order valence-corrected chi connectivity index (χ0v) is 12.5. The number of aromatic amines is 1. The Morgan fingerprint density at radius 2 is 2.04 bits per heavy atom. The number of aliphatic hydroxyl groups excluding tert-OH is 1. The van der Waals surface area contributed by atoms with Crippen LogP contribution in [0.25, 0.3) is 0 Å². The van der Waals surface area contributed by atoms with Crippen LogP contribution in [0.2, 0.25) is 0 Å². The van der Waals surface area contributed by atoms with Gasteiger partial charge in [0.05, 0.1) is 12.2 Å². The molecule has 2 heterocycles. The normalized spacial score (nSPS) is 24.0. The van der Waals surface area contributed by atoms with E-state index in [1.54, 1.807) is 0 Å². The lowest BCUT2D eigenvalue weighted by Gasteiger charge is -2.16. The molecule has 3 rings (SSSR count). The van der Waals surface area contributed by atoms with Crippen molar-refractivity contribution in [2.24, 2.45) is 0 Å². The maximum Gasteiger partial charge on any atom is 0.330 e. The van der Waals surface area contributed by atoms with E-state index in [9.17, 15) is 14.7 Å². The third kappa shape index (κ3) is 3.76. The van der Waals surface area contributed by atoms with Crippen LogP contribution in [0.15, 0.2) is 52.2 Å². The Balaban J connectivity index is 1.58.